The number of rotatable bonds is 4. The molecule has 0 N–H and O–H groups in total. The largest absolute Gasteiger partial charge is 0.343 e. The fourth-order valence-electron chi connectivity index (χ4n) is 4.36. The summed E-state index contributed by atoms with van der Waals surface area (Å²) in [5.74, 6) is 0.919. The first kappa shape index (κ1) is 18.7. The lowest BCUT2D eigenvalue weighted by Gasteiger charge is -2.26. The molecule has 1 aromatic carbocycles. The highest BCUT2D eigenvalue weighted by Crippen LogP contribution is 2.33. The van der Waals surface area contributed by atoms with Gasteiger partial charge in [0.1, 0.15) is 6.10 Å². The topological polar surface area (TPSA) is 78.6 Å². The summed E-state index contributed by atoms with van der Waals surface area (Å²) in [6.45, 7) is 1.41. The van der Waals surface area contributed by atoms with Crippen LogP contribution in [-0.4, -0.2) is 56.5 Å². The van der Waals surface area contributed by atoms with Crippen LogP contribution < -0.4 is 0 Å². The van der Waals surface area contributed by atoms with E-state index in [1.807, 2.05) is 34.7 Å². The molecule has 1 aromatic heterocycles. The minimum Gasteiger partial charge on any atom is -0.343 e. The van der Waals surface area contributed by atoms with E-state index in [2.05, 4.69) is 17.2 Å². The maximum Gasteiger partial charge on any atom is 0.223 e. The Morgan fingerprint density at radius 3 is 2.79 bits per heavy atom. The minimum absolute atomic E-state index is 0.0849. The van der Waals surface area contributed by atoms with Gasteiger partial charge in [-0.25, -0.2) is 4.68 Å². The van der Waals surface area contributed by atoms with Gasteiger partial charge in [-0.05, 0) is 17.8 Å². The zero-order valence-electron chi connectivity index (χ0n) is 16.1. The van der Waals surface area contributed by atoms with Gasteiger partial charge in [-0.15, -0.1) is 0 Å². The molecule has 4 atom stereocenters. The van der Waals surface area contributed by atoms with Crippen LogP contribution in [0.3, 0.4) is 0 Å². The van der Waals surface area contributed by atoms with Crippen LogP contribution in [0.4, 0.5) is 0 Å². The van der Waals surface area contributed by atoms with Crippen LogP contribution in [0.5, 0.6) is 0 Å². The molecule has 9 heteroatoms. The summed E-state index contributed by atoms with van der Waals surface area (Å²) in [7, 11) is 1.84. The maximum absolute atomic E-state index is 12.6. The van der Waals surface area contributed by atoms with Crippen molar-refractivity contribution in [2.24, 2.45) is 7.05 Å². The molecule has 1 amide bonds. The smallest absolute Gasteiger partial charge is 0.223 e. The quantitative estimate of drug-likeness (QED) is 0.709. The zero-order chi connectivity index (χ0) is 20.1. The molecule has 8 nitrogen and oxygen atoms in total. The van der Waals surface area contributed by atoms with Gasteiger partial charge in [-0.2, -0.15) is 5.10 Å². The molecule has 3 aliphatic heterocycles. The van der Waals surface area contributed by atoms with Crippen molar-refractivity contribution in [3.63, 3.8) is 0 Å². The number of aromatic nitrogens is 3. The second-order valence-electron chi connectivity index (χ2n) is 7.87. The van der Waals surface area contributed by atoms with Gasteiger partial charge in [0.15, 0.2) is 16.4 Å². The SMILES string of the molecule is Cn1c(CN2CC(c3ccccc3)CC2=O)nn([C@@H]2CC(=O)[C@H]3OC[C@@H]2O3)c1=S. The first-order valence-electron chi connectivity index (χ1n) is 9.78. The molecule has 4 heterocycles. The first-order chi connectivity index (χ1) is 14.0. The lowest BCUT2D eigenvalue weighted by Crippen LogP contribution is -2.37. The van der Waals surface area contributed by atoms with Crippen molar-refractivity contribution in [1.29, 1.82) is 0 Å². The maximum atomic E-state index is 12.6. The molecule has 5 rings (SSSR count). The van der Waals surface area contributed by atoms with Gasteiger partial charge in [0.25, 0.3) is 0 Å². The van der Waals surface area contributed by atoms with E-state index in [0.29, 0.717) is 43.1 Å². The highest BCUT2D eigenvalue weighted by molar-refractivity contribution is 7.71. The number of carbonyl (C=O) groups excluding carboxylic acids is 2. The highest BCUT2D eigenvalue weighted by Gasteiger charge is 2.45. The molecule has 152 valence electrons. The van der Waals surface area contributed by atoms with Gasteiger partial charge in [-0.1, -0.05) is 30.3 Å². The lowest BCUT2D eigenvalue weighted by atomic mass is 9.99. The van der Waals surface area contributed by atoms with Gasteiger partial charge in [0.2, 0.25) is 12.2 Å². The summed E-state index contributed by atoms with van der Waals surface area (Å²) in [5.41, 5.74) is 1.18. The predicted molar refractivity (Wildman–Crippen MR) is 105 cm³/mol. The molecule has 0 spiro atoms. The summed E-state index contributed by atoms with van der Waals surface area (Å²) < 4.78 is 15.0. The van der Waals surface area contributed by atoms with E-state index in [1.54, 1.807) is 4.68 Å². The summed E-state index contributed by atoms with van der Waals surface area (Å²) in [6, 6.07) is 9.83. The fourth-order valence-corrected chi connectivity index (χ4v) is 4.65. The fraction of sp³-hybridized carbons (Fsp3) is 0.500. The van der Waals surface area contributed by atoms with Crippen LogP contribution >= 0.6 is 12.2 Å². The standard InChI is InChI=1S/C20H22N4O4S/c1-22-17(10-23-9-13(7-18(23)26)12-5-3-2-4-6-12)21-24(20(22)29)14-8-15(25)19-27-11-16(14)28-19/h2-6,13-14,16,19H,7-11H2,1H3/t13?,14-,16+,19+/m1/s1. The Hall–Kier alpha value is -2.36. The van der Waals surface area contributed by atoms with Crippen LogP contribution in [-0.2, 0) is 32.7 Å². The van der Waals surface area contributed by atoms with Gasteiger partial charge in [-0.3, -0.25) is 9.59 Å². The summed E-state index contributed by atoms with van der Waals surface area (Å²) in [5, 5.41) is 4.67. The Balaban J connectivity index is 1.36. The lowest BCUT2D eigenvalue weighted by molar-refractivity contribution is -0.156. The third kappa shape index (κ3) is 3.23. The number of nitrogens with zero attached hydrogens (tertiary/aromatic N) is 4. The van der Waals surface area contributed by atoms with Crippen molar-refractivity contribution in [2.75, 3.05) is 13.2 Å². The van der Waals surface area contributed by atoms with Crippen LogP contribution in [0.2, 0.25) is 0 Å². The third-order valence-corrected chi connectivity index (χ3v) is 6.50. The van der Waals surface area contributed by atoms with E-state index in [1.165, 1.54) is 5.56 Å². The first-order valence-corrected chi connectivity index (χ1v) is 10.2. The number of Topliss-reactive ketones (excluding diaryl/α,β-unsaturated/α-hetero) is 1. The van der Waals surface area contributed by atoms with Gasteiger partial charge in [0, 0.05) is 32.4 Å². The van der Waals surface area contributed by atoms with Gasteiger partial charge < -0.3 is 18.9 Å². The Labute approximate surface area is 173 Å². The van der Waals surface area contributed by atoms with Gasteiger partial charge in [0.05, 0.1) is 19.2 Å². The van der Waals surface area contributed by atoms with Crippen molar-refractivity contribution in [2.45, 2.75) is 43.7 Å². The van der Waals surface area contributed by atoms with Crippen LogP contribution in [0, 0.1) is 4.77 Å². The third-order valence-electron chi connectivity index (χ3n) is 6.04. The van der Waals surface area contributed by atoms with Crippen molar-refractivity contribution < 1.29 is 19.1 Å². The normalized spacial score (nSPS) is 29.1. The molecule has 0 radical (unpaired) electrons. The van der Waals surface area contributed by atoms with Crippen molar-refractivity contribution in [3.8, 4) is 0 Å². The number of benzene rings is 1. The summed E-state index contributed by atoms with van der Waals surface area (Å²) in [6.07, 6.45) is -0.187. The second-order valence-corrected chi connectivity index (χ2v) is 8.23. The molecule has 3 fully saturated rings. The number of carbonyl (C=O) groups is 2. The van der Waals surface area contributed by atoms with Crippen LogP contribution in [0.1, 0.15) is 36.2 Å². The Kier molecular flexibility index (Phi) is 4.60. The molecule has 29 heavy (non-hydrogen) atoms. The molecular formula is C20H22N4O4S. The summed E-state index contributed by atoms with van der Waals surface area (Å²) >= 11 is 5.57. The summed E-state index contributed by atoms with van der Waals surface area (Å²) in [4.78, 5) is 26.6. The average Bonchev–Trinajstić information content (AvgIpc) is 3.40. The van der Waals surface area contributed by atoms with Crippen molar-refractivity contribution >= 4 is 23.9 Å². The van der Waals surface area contributed by atoms with Gasteiger partial charge >= 0.3 is 0 Å². The van der Waals surface area contributed by atoms with E-state index in [4.69, 9.17) is 21.7 Å². The van der Waals surface area contributed by atoms with Crippen LogP contribution in [0.25, 0.3) is 0 Å². The second kappa shape index (κ2) is 7.16. The van der Waals surface area contributed by atoms with Crippen molar-refractivity contribution in [1.82, 2.24) is 19.2 Å². The highest BCUT2D eigenvalue weighted by atomic mass is 32.1. The Morgan fingerprint density at radius 1 is 1.21 bits per heavy atom. The molecular weight excluding hydrogens is 392 g/mol. The van der Waals surface area contributed by atoms with E-state index in [9.17, 15) is 9.59 Å². The number of hydrogen-bond acceptors (Lipinski definition) is 6. The van der Waals surface area contributed by atoms with Crippen molar-refractivity contribution in [3.05, 3.63) is 46.5 Å². The molecule has 0 saturated carbocycles. The monoisotopic (exact) mass is 414 g/mol. The minimum atomic E-state index is -0.745. The number of ether oxygens (including phenoxy) is 2. The predicted octanol–water partition coefficient (Wildman–Crippen LogP) is 1.72. The number of ketones is 1. The van der Waals surface area contributed by atoms with E-state index >= 15 is 0 Å². The molecule has 2 bridgehead atoms. The average molecular weight is 414 g/mol. The Morgan fingerprint density at radius 2 is 2.00 bits per heavy atom. The van der Waals surface area contributed by atoms with Crippen LogP contribution in [0.15, 0.2) is 30.3 Å². The molecule has 0 aliphatic carbocycles. The molecule has 3 saturated heterocycles. The zero-order valence-corrected chi connectivity index (χ0v) is 16.9. The number of likely N-dealkylation sites (tertiary alicyclic amines) is 1. The Bertz CT molecular complexity index is 1020. The van der Waals surface area contributed by atoms with E-state index in [-0.39, 0.29) is 29.8 Å². The van der Waals surface area contributed by atoms with E-state index in [0.717, 1.165) is 0 Å². The van der Waals surface area contributed by atoms with E-state index < -0.39 is 6.29 Å². The number of hydrogen-bond donors (Lipinski definition) is 0. The molecule has 3 aliphatic rings. The molecule has 2 aromatic rings. The molecule has 1 unspecified atom stereocenters. The number of amides is 1. The number of fused-ring (bicyclic) bond motifs is 2.